The summed E-state index contributed by atoms with van der Waals surface area (Å²) < 4.78 is 1.31. The molecule has 1 N–H and O–H groups in total. The van der Waals surface area contributed by atoms with Gasteiger partial charge < -0.3 is 5.32 Å². The van der Waals surface area contributed by atoms with Crippen molar-refractivity contribution in [3.05, 3.63) is 106 Å². The summed E-state index contributed by atoms with van der Waals surface area (Å²) in [6.07, 6.45) is 0. The Hall–Kier alpha value is -2.50. The monoisotopic (exact) mass is 697 g/mol. The smallest absolute Gasteiger partial charge is 0.308 e. The molecular formula is C28H16Cl5N3O4S2. The first-order chi connectivity index (χ1) is 20.0. The highest BCUT2D eigenvalue weighted by Crippen LogP contribution is 2.55. The zero-order chi connectivity index (χ0) is 29.9. The summed E-state index contributed by atoms with van der Waals surface area (Å²) in [5.74, 6) is -3.01. The Bertz CT molecular complexity index is 1840. The molecule has 2 unspecified atom stereocenters. The molecule has 6 rings (SSSR count). The van der Waals surface area contributed by atoms with Crippen LogP contribution in [0.25, 0.3) is 0 Å². The van der Waals surface area contributed by atoms with Crippen LogP contribution < -0.4 is 15.1 Å². The van der Waals surface area contributed by atoms with Crippen molar-refractivity contribution < 1.29 is 14.4 Å². The van der Waals surface area contributed by atoms with Gasteiger partial charge in [0.2, 0.25) is 17.7 Å². The number of rotatable bonds is 5. The zero-order valence-corrected chi connectivity index (χ0v) is 26.4. The van der Waals surface area contributed by atoms with E-state index < -0.39 is 39.7 Å². The molecule has 7 nitrogen and oxygen atoms in total. The number of fused-ring (bicyclic) bond motifs is 2. The second-order valence-corrected chi connectivity index (χ2v) is 13.6. The predicted octanol–water partition coefficient (Wildman–Crippen LogP) is 7.61. The lowest BCUT2D eigenvalue weighted by molar-refractivity contribution is -0.122. The Morgan fingerprint density at radius 3 is 2.31 bits per heavy atom. The van der Waals surface area contributed by atoms with Gasteiger partial charge in [0.25, 0.3) is 0 Å². The van der Waals surface area contributed by atoms with Crippen molar-refractivity contribution in [1.82, 2.24) is 4.57 Å². The maximum Gasteiger partial charge on any atom is 0.308 e. The third-order valence-corrected chi connectivity index (χ3v) is 11.4. The van der Waals surface area contributed by atoms with Gasteiger partial charge in [0, 0.05) is 21.5 Å². The molecule has 3 amide bonds. The highest BCUT2D eigenvalue weighted by molar-refractivity contribution is 8.00. The van der Waals surface area contributed by atoms with Crippen LogP contribution in [0.5, 0.6) is 0 Å². The quantitative estimate of drug-likeness (QED) is 0.217. The number of benzene rings is 3. The van der Waals surface area contributed by atoms with Gasteiger partial charge in [-0.25, -0.2) is 4.90 Å². The number of hydrogen-bond donors (Lipinski definition) is 1. The van der Waals surface area contributed by atoms with Crippen LogP contribution in [-0.2, 0) is 20.9 Å². The lowest BCUT2D eigenvalue weighted by atomic mass is 9.83. The number of nitrogens with one attached hydrogen (secondary N) is 1. The van der Waals surface area contributed by atoms with Crippen LogP contribution in [0.2, 0.25) is 25.1 Å². The number of nitrogens with zero attached hydrogens (tertiary/aromatic N) is 2. The van der Waals surface area contributed by atoms with E-state index in [2.05, 4.69) is 5.32 Å². The number of anilines is 2. The Morgan fingerprint density at radius 2 is 1.60 bits per heavy atom. The number of halogens is 5. The number of imide groups is 1. The van der Waals surface area contributed by atoms with E-state index >= 15 is 0 Å². The van der Waals surface area contributed by atoms with Gasteiger partial charge in [-0.1, -0.05) is 93.2 Å². The maximum atomic E-state index is 14.0. The van der Waals surface area contributed by atoms with Crippen LogP contribution in [0.1, 0.15) is 16.4 Å². The van der Waals surface area contributed by atoms with Crippen molar-refractivity contribution in [2.45, 2.75) is 22.7 Å². The molecule has 0 bridgehead atoms. The fourth-order valence-electron chi connectivity index (χ4n) is 5.11. The number of aromatic nitrogens is 1. The maximum absolute atomic E-state index is 14.0. The van der Waals surface area contributed by atoms with E-state index in [0.29, 0.717) is 36.9 Å². The van der Waals surface area contributed by atoms with Gasteiger partial charge in [0.05, 0.1) is 36.7 Å². The van der Waals surface area contributed by atoms with E-state index in [1.807, 2.05) is 0 Å². The number of thioether (sulfide) groups is 1. The summed E-state index contributed by atoms with van der Waals surface area (Å²) in [6.45, 7) is -0.339. The molecule has 0 radical (unpaired) electrons. The Balaban J connectivity index is 1.43. The molecule has 214 valence electrons. The van der Waals surface area contributed by atoms with Crippen molar-refractivity contribution in [2.75, 3.05) is 10.2 Å². The highest BCUT2D eigenvalue weighted by Gasteiger charge is 2.57. The van der Waals surface area contributed by atoms with Gasteiger partial charge in [-0.2, -0.15) is 0 Å². The Kier molecular flexibility index (Phi) is 8.12. The number of carbonyl (C=O) groups is 3. The van der Waals surface area contributed by atoms with Crippen molar-refractivity contribution in [1.29, 1.82) is 0 Å². The Morgan fingerprint density at radius 1 is 0.857 bits per heavy atom. The average Bonchev–Trinajstić information content (AvgIpc) is 3.39. The molecule has 3 aromatic carbocycles. The lowest BCUT2D eigenvalue weighted by Gasteiger charge is -2.31. The van der Waals surface area contributed by atoms with Crippen LogP contribution in [0.15, 0.2) is 70.5 Å². The van der Waals surface area contributed by atoms with Gasteiger partial charge in [0.15, 0.2) is 0 Å². The fourth-order valence-corrected chi connectivity index (χ4v) is 8.73. The number of thiazole rings is 1. The molecule has 42 heavy (non-hydrogen) atoms. The SMILES string of the molecule is O=C(Cn1c2c(sc1=O)[C@H](c1cccc(Cl)c1Cl)C1C(=O)N(c3ccc(Cl)cc3)C(=O)C1S2)Nc1ccc(Cl)c(Cl)c1. The summed E-state index contributed by atoms with van der Waals surface area (Å²) >= 11 is 33.1. The predicted molar refractivity (Wildman–Crippen MR) is 169 cm³/mol. The third-order valence-electron chi connectivity index (χ3n) is 6.96. The fraction of sp³-hybridized carbons (Fsp3) is 0.143. The van der Waals surface area contributed by atoms with Crippen LogP contribution in [-0.4, -0.2) is 27.5 Å². The van der Waals surface area contributed by atoms with E-state index in [-0.39, 0.29) is 21.6 Å². The van der Waals surface area contributed by atoms with Gasteiger partial charge in [0.1, 0.15) is 11.8 Å². The van der Waals surface area contributed by atoms with Crippen LogP contribution in [0.4, 0.5) is 11.4 Å². The van der Waals surface area contributed by atoms with E-state index in [4.69, 9.17) is 58.0 Å². The van der Waals surface area contributed by atoms with Crippen LogP contribution >= 0.6 is 81.1 Å². The minimum absolute atomic E-state index is 0.218. The highest BCUT2D eigenvalue weighted by atomic mass is 35.5. The van der Waals surface area contributed by atoms with Gasteiger partial charge >= 0.3 is 4.87 Å². The molecule has 0 spiro atoms. The topological polar surface area (TPSA) is 88.5 Å². The molecule has 0 aliphatic carbocycles. The second kappa shape index (κ2) is 11.5. The Labute approximate surface area is 272 Å². The number of amides is 3. The first-order valence-electron chi connectivity index (χ1n) is 12.3. The van der Waals surface area contributed by atoms with Crippen LogP contribution in [0.3, 0.4) is 0 Å². The molecular weight excluding hydrogens is 684 g/mol. The minimum Gasteiger partial charge on any atom is -0.324 e. The van der Waals surface area contributed by atoms with E-state index in [1.165, 1.54) is 10.6 Å². The molecule has 4 aromatic rings. The molecule has 2 aliphatic heterocycles. The average molecular weight is 700 g/mol. The van der Waals surface area contributed by atoms with E-state index in [1.54, 1.807) is 54.6 Å². The second-order valence-electron chi connectivity index (χ2n) is 9.47. The third kappa shape index (κ3) is 5.15. The molecule has 3 heterocycles. The first-order valence-corrected chi connectivity index (χ1v) is 15.9. The summed E-state index contributed by atoms with van der Waals surface area (Å²) in [6, 6.07) is 16.1. The van der Waals surface area contributed by atoms with Crippen molar-refractivity contribution >= 4 is 110 Å². The van der Waals surface area contributed by atoms with Gasteiger partial charge in [-0.15, -0.1) is 0 Å². The number of carbonyl (C=O) groups excluding carboxylic acids is 3. The molecule has 14 heteroatoms. The zero-order valence-electron chi connectivity index (χ0n) is 20.9. The normalized spacial score (nSPS) is 19.5. The molecule has 1 aromatic heterocycles. The van der Waals surface area contributed by atoms with Gasteiger partial charge in [-0.3, -0.25) is 23.7 Å². The summed E-state index contributed by atoms with van der Waals surface area (Å²) in [5.41, 5.74) is 1.29. The largest absolute Gasteiger partial charge is 0.324 e. The molecule has 1 saturated heterocycles. The molecule has 1 fully saturated rings. The standard InChI is InChI=1S/C28H16Cl5N3O4S2/c29-12-4-7-14(8-5-12)36-25(38)21-20(15-2-1-3-17(31)22(15)33)24-27(41-23(21)26(36)39)35(28(40)42-24)11-19(37)34-13-6-9-16(30)18(32)10-13/h1-10,20-21,23H,11H2,(H,34,37)/t20-,21?,23?/m1/s1. The van der Waals surface area contributed by atoms with Crippen molar-refractivity contribution in [2.24, 2.45) is 5.92 Å². The van der Waals surface area contributed by atoms with Crippen molar-refractivity contribution in [3.8, 4) is 0 Å². The van der Waals surface area contributed by atoms with E-state index in [0.717, 1.165) is 28.0 Å². The molecule has 3 atom stereocenters. The van der Waals surface area contributed by atoms with E-state index in [9.17, 15) is 19.2 Å². The lowest BCUT2D eigenvalue weighted by Crippen LogP contribution is -2.33. The first kappa shape index (κ1) is 29.6. The minimum atomic E-state index is -0.890. The van der Waals surface area contributed by atoms with Gasteiger partial charge in [-0.05, 0) is 54.1 Å². The number of hydrogen-bond acceptors (Lipinski definition) is 6. The molecule has 2 aliphatic rings. The van der Waals surface area contributed by atoms with Crippen LogP contribution in [0, 0.1) is 5.92 Å². The summed E-state index contributed by atoms with van der Waals surface area (Å²) in [7, 11) is 0. The molecule has 0 saturated carbocycles. The summed E-state index contributed by atoms with van der Waals surface area (Å²) in [5, 5.41) is 3.77. The summed E-state index contributed by atoms with van der Waals surface area (Å²) in [4.78, 5) is 55.4. The van der Waals surface area contributed by atoms with Crippen molar-refractivity contribution in [3.63, 3.8) is 0 Å².